The van der Waals surface area contributed by atoms with Gasteiger partial charge in [0.2, 0.25) is 0 Å². The Kier molecular flexibility index (Phi) is 3.68. The van der Waals surface area contributed by atoms with E-state index in [0.29, 0.717) is 16.7 Å². The lowest BCUT2D eigenvalue weighted by Crippen LogP contribution is -2.51. The molecule has 0 amide bonds. The van der Waals surface area contributed by atoms with E-state index in [4.69, 9.17) is 5.73 Å². The quantitative estimate of drug-likeness (QED) is 0.811. The van der Waals surface area contributed by atoms with Gasteiger partial charge in [0.05, 0.1) is 0 Å². The molecule has 1 aromatic rings. The predicted molar refractivity (Wildman–Crippen MR) is 92.8 cm³/mol. The van der Waals surface area contributed by atoms with Crippen LogP contribution in [-0.2, 0) is 11.8 Å². The molecule has 2 N–H and O–H groups in total. The van der Waals surface area contributed by atoms with Crippen molar-refractivity contribution in [1.29, 1.82) is 0 Å². The second kappa shape index (κ2) is 5.12. The van der Waals surface area contributed by atoms with Crippen LogP contribution in [0.1, 0.15) is 77.4 Å². The molecule has 118 valence electrons. The molecule has 1 aromatic carbocycles. The van der Waals surface area contributed by atoms with Crippen LogP contribution >= 0.6 is 0 Å². The highest BCUT2D eigenvalue weighted by Gasteiger charge is 2.50. The van der Waals surface area contributed by atoms with Crippen LogP contribution < -0.4 is 5.73 Å². The van der Waals surface area contributed by atoms with Crippen molar-refractivity contribution in [1.82, 2.24) is 0 Å². The molecule has 1 nitrogen and oxygen atoms in total. The third-order valence-electron chi connectivity index (χ3n) is 6.63. The Morgan fingerprint density at radius 2 is 2.05 bits per heavy atom. The number of hydrogen-bond acceptors (Lipinski definition) is 1. The number of fused-ring (bicyclic) bond motifs is 3. The van der Waals surface area contributed by atoms with E-state index in [1.54, 1.807) is 11.1 Å². The molecule has 3 atom stereocenters. The van der Waals surface area contributed by atoms with Crippen molar-refractivity contribution in [2.75, 3.05) is 6.54 Å². The van der Waals surface area contributed by atoms with Gasteiger partial charge in [-0.15, -0.1) is 0 Å². The number of aryl methyl sites for hydroxylation is 1. The summed E-state index contributed by atoms with van der Waals surface area (Å²) in [4.78, 5) is 0. The molecule has 2 aliphatic rings. The lowest BCUT2D eigenvalue weighted by atomic mass is 9.50. The Labute approximate surface area is 131 Å². The molecule has 0 bridgehead atoms. The van der Waals surface area contributed by atoms with Gasteiger partial charge in [-0.2, -0.15) is 0 Å². The SMILES string of the molecule is CC(C)c1ccc2c(c1)CCC1[C@](C)(CN)CCC[C@]21C.[HH]. The summed E-state index contributed by atoms with van der Waals surface area (Å²) in [5, 5.41) is 0. The zero-order valence-corrected chi connectivity index (χ0v) is 14.2. The summed E-state index contributed by atoms with van der Waals surface area (Å²) in [6.07, 6.45) is 6.53. The molecule has 0 heterocycles. The summed E-state index contributed by atoms with van der Waals surface area (Å²) in [5.41, 5.74) is 11.6. The lowest BCUT2D eigenvalue weighted by molar-refractivity contribution is 0.0326. The Bertz CT molecular complexity index is 539. The number of benzene rings is 1. The van der Waals surface area contributed by atoms with E-state index < -0.39 is 0 Å². The van der Waals surface area contributed by atoms with E-state index in [2.05, 4.69) is 45.9 Å². The van der Waals surface area contributed by atoms with Crippen LogP contribution in [0.3, 0.4) is 0 Å². The van der Waals surface area contributed by atoms with Crippen molar-refractivity contribution in [2.24, 2.45) is 17.1 Å². The largest absolute Gasteiger partial charge is 0.330 e. The molecule has 0 radical (unpaired) electrons. The zero-order chi connectivity index (χ0) is 15.3. The summed E-state index contributed by atoms with van der Waals surface area (Å²) in [6.45, 7) is 10.4. The summed E-state index contributed by atoms with van der Waals surface area (Å²) < 4.78 is 0. The van der Waals surface area contributed by atoms with Crippen LogP contribution in [0.25, 0.3) is 0 Å². The van der Waals surface area contributed by atoms with E-state index in [1.807, 2.05) is 0 Å². The van der Waals surface area contributed by atoms with Crippen LogP contribution in [0.15, 0.2) is 18.2 Å². The van der Waals surface area contributed by atoms with Gasteiger partial charge in [-0.3, -0.25) is 0 Å². The average molecular weight is 287 g/mol. The standard InChI is InChI=1S/C20H31N.H2/c1-14(2)15-6-8-17-16(12-15)7-9-18-19(3,13-21)10-5-11-20(17,18)4;/h6,8,12,14,18H,5,7,9-11,13,21H2,1-4H3;1H/t18?,19-,20+;/m0./s1. The highest BCUT2D eigenvalue weighted by Crippen LogP contribution is 2.56. The van der Waals surface area contributed by atoms with Crippen LogP contribution in [-0.4, -0.2) is 6.54 Å². The molecule has 0 spiro atoms. The number of rotatable bonds is 2. The Hall–Kier alpha value is -0.820. The lowest BCUT2D eigenvalue weighted by Gasteiger charge is -2.55. The van der Waals surface area contributed by atoms with Crippen molar-refractivity contribution in [3.8, 4) is 0 Å². The fraction of sp³-hybridized carbons (Fsp3) is 0.700. The molecule has 1 heteroatoms. The highest BCUT2D eigenvalue weighted by molar-refractivity contribution is 5.42. The molecule has 0 aliphatic heterocycles. The van der Waals surface area contributed by atoms with Crippen LogP contribution in [0.4, 0.5) is 0 Å². The Morgan fingerprint density at radius 1 is 1.29 bits per heavy atom. The van der Waals surface area contributed by atoms with Crippen LogP contribution in [0.5, 0.6) is 0 Å². The second-order valence-electron chi connectivity index (χ2n) is 8.29. The van der Waals surface area contributed by atoms with Gasteiger partial charge >= 0.3 is 0 Å². The maximum atomic E-state index is 6.19. The fourth-order valence-corrected chi connectivity index (χ4v) is 5.25. The summed E-state index contributed by atoms with van der Waals surface area (Å²) in [6, 6.07) is 7.29. The smallest absolute Gasteiger partial charge is 0 e. The third-order valence-corrected chi connectivity index (χ3v) is 6.63. The minimum atomic E-state index is 0. The van der Waals surface area contributed by atoms with Gasteiger partial charge in [-0.1, -0.05) is 52.3 Å². The van der Waals surface area contributed by atoms with Gasteiger partial charge in [0.1, 0.15) is 0 Å². The summed E-state index contributed by atoms with van der Waals surface area (Å²) in [7, 11) is 0. The molecule has 0 aromatic heterocycles. The second-order valence-corrected chi connectivity index (χ2v) is 8.29. The van der Waals surface area contributed by atoms with E-state index in [-0.39, 0.29) is 1.43 Å². The maximum Gasteiger partial charge on any atom is 0 e. The summed E-state index contributed by atoms with van der Waals surface area (Å²) in [5.74, 6) is 1.38. The highest BCUT2D eigenvalue weighted by atomic mass is 14.7. The fourth-order valence-electron chi connectivity index (χ4n) is 5.25. The maximum absolute atomic E-state index is 6.19. The molecule has 21 heavy (non-hydrogen) atoms. The normalized spacial score (nSPS) is 35.4. The molecule has 1 fully saturated rings. The Morgan fingerprint density at radius 3 is 2.71 bits per heavy atom. The van der Waals surface area contributed by atoms with Crippen molar-refractivity contribution >= 4 is 0 Å². The van der Waals surface area contributed by atoms with E-state index in [0.717, 1.165) is 12.5 Å². The van der Waals surface area contributed by atoms with Gasteiger partial charge in [-0.05, 0) is 71.6 Å². The van der Waals surface area contributed by atoms with Gasteiger partial charge < -0.3 is 5.73 Å². The molecule has 1 saturated carbocycles. The molecular formula is C20H33N. The van der Waals surface area contributed by atoms with E-state index in [9.17, 15) is 0 Å². The minimum Gasteiger partial charge on any atom is -0.330 e. The first-order valence-corrected chi connectivity index (χ1v) is 8.74. The van der Waals surface area contributed by atoms with Gasteiger partial charge in [0, 0.05) is 1.43 Å². The van der Waals surface area contributed by atoms with Gasteiger partial charge in [-0.25, -0.2) is 0 Å². The van der Waals surface area contributed by atoms with Crippen molar-refractivity contribution in [2.45, 2.75) is 71.1 Å². The Balaban J connectivity index is 0.00000176. The first-order chi connectivity index (χ1) is 9.90. The van der Waals surface area contributed by atoms with Crippen molar-refractivity contribution < 1.29 is 1.43 Å². The molecule has 3 rings (SSSR count). The third kappa shape index (κ3) is 2.25. The number of nitrogens with two attached hydrogens (primary N) is 1. The van der Waals surface area contributed by atoms with Crippen LogP contribution in [0.2, 0.25) is 0 Å². The minimum absolute atomic E-state index is 0. The molecule has 0 saturated heterocycles. The van der Waals surface area contributed by atoms with Gasteiger partial charge in [0.15, 0.2) is 0 Å². The topological polar surface area (TPSA) is 26.0 Å². The van der Waals surface area contributed by atoms with Crippen molar-refractivity contribution in [3.63, 3.8) is 0 Å². The molecule has 2 aliphatic carbocycles. The first-order valence-electron chi connectivity index (χ1n) is 8.74. The van der Waals surface area contributed by atoms with Gasteiger partial charge in [0.25, 0.3) is 0 Å². The average Bonchev–Trinajstić information content (AvgIpc) is 2.46. The zero-order valence-electron chi connectivity index (χ0n) is 14.2. The number of hydrogen-bond donors (Lipinski definition) is 1. The van der Waals surface area contributed by atoms with E-state index in [1.165, 1.54) is 37.7 Å². The molecule has 1 unspecified atom stereocenters. The van der Waals surface area contributed by atoms with Crippen LogP contribution in [0, 0.1) is 11.3 Å². The molecular weight excluding hydrogens is 254 g/mol. The van der Waals surface area contributed by atoms with Crippen molar-refractivity contribution in [3.05, 3.63) is 34.9 Å². The summed E-state index contributed by atoms with van der Waals surface area (Å²) >= 11 is 0. The predicted octanol–water partition coefficient (Wildman–Crippen LogP) is 5.03. The first kappa shape index (κ1) is 15.1. The van der Waals surface area contributed by atoms with E-state index >= 15 is 0 Å². The monoisotopic (exact) mass is 287 g/mol.